The molecule has 2 heterocycles. The maximum absolute atomic E-state index is 11.0. The molecule has 0 bridgehead atoms. The Hall–Kier alpha value is -2.17. The molecule has 2 aromatic heterocycles. The maximum atomic E-state index is 11.0. The second-order valence-electron chi connectivity index (χ2n) is 3.24. The van der Waals surface area contributed by atoms with Gasteiger partial charge < -0.3 is 5.11 Å². The zero-order chi connectivity index (χ0) is 11.5. The van der Waals surface area contributed by atoms with Crippen LogP contribution in [0, 0.1) is 0 Å². The Labute approximate surface area is 92.4 Å². The lowest BCUT2D eigenvalue weighted by atomic mass is 10.1. The first-order valence-electron chi connectivity index (χ1n) is 4.94. The highest BCUT2D eigenvalue weighted by Gasteiger charge is 2.15. The minimum Gasteiger partial charge on any atom is -0.476 e. The Kier molecular flexibility index (Phi) is 2.68. The van der Waals surface area contributed by atoms with E-state index in [0.717, 1.165) is 5.69 Å². The first-order chi connectivity index (χ1) is 7.74. The van der Waals surface area contributed by atoms with Crippen molar-refractivity contribution in [3.8, 4) is 11.3 Å². The molecule has 5 nitrogen and oxygen atoms in total. The quantitative estimate of drug-likeness (QED) is 0.849. The zero-order valence-electron chi connectivity index (χ0n) is 8.79. The summed E-state index contributed by atoms with van der Waals surface area (Å²) < 4.78 is 1.74. The number of carboxylic acids is 1. The van der Waals surface area contributed by atoms with Gasteiger partial charge in [0.2, 0.25) is 0 Å². The number of pyridine rings is 1. The number of hydrogen-bond donors (Lipinski definition) is 1. The van der Waals surface area contributed by atoms with E-state index < -0.39 is 5.97 Å². The third-order valence-corrected chi connectivity index (χ3v) is 2.30. The van der Waals surface area contributed by atoms with E-state index in [1.165, 1.54) is 6.20 Å². The van der Waals surface area contributed by atoms with Crippen molar-refractivity contribution in [2.24, 2.45) is 0 Å². The normalized spacial score (nSPS) is 10.3. The molecular weight excluding hydrogens is 206 g/mol. The first kappa shape index (κ1) is 10.4. The van der Waals surface area contributed by atoms with Gasteiger partial charge in [0.05, 0.1) is 5.69 Å². The van der Waals surface area contributed by atoms with Gasteiger partial charge in [0.1, 0.15) is 0 Å². The molecule has 1 N–H and O–H groups in total. The molecule has 0 fully saturated rings. The number of hydrogen-bond acceptors (Lipinski definition) is 3. The highest BCUT2D eigenvalue weighted by atomic mass is 16.4. The van der Waals surface area contributed by atoms with Crippen molar-refractivity contribution >= 4 is 5.97 Å². The molecule has 5 heteroatoms. The Morgan fingerprint density at radius 3 is 2.94 bits per heavy atom. The fourth-order valence-electron chi connectivity index (χ4n) is 1.60. The van der Waals surface area contributed by atoms with Crippen molar-refractivity contribution in [3.05, 3.63) is 36.3 Å². The van der Waals surface area contributed by atoms with Crippen LogP contribution in [0.2, 0.25) is 0 Å². The van der Waals surface area contributed by atoms with Gasteiger partial charge in [-0.3, -0.25) is 4.68 Å². The zero-order valence-corrected chi connectivity index (χ0v) is 8.79. The lowest BCUT2D eigenvalue weighted by Gasteiger charge is -2.06. The smallest absolute Gasteiger partial charge is 0.355 e. The second-order valence-corrected chi connectivity index (χ2v) is 3.24. The molecule has 2 rings (SSSR count). The predicted octanol–water partition coefficient (Wildman–Crippen LogP) is 1.66. The molecule has 82 valence electrons. The summed E-state index contributed by atoms with van der Waals surface area (Å²) in [4.78, 5) is 14.9. The summed E-state index contributed by atoms with van der Waals surface area (Å²) in [6.45, 7) is 2.64. The molecule has 0 aliphatic rings. The second kappa shape index (κ2) is 4.14. The summed E-state index contributed by atoms with van der Waals surface area (Å²) in [5.74, 6) is -1.03. The molecule has 0 atom stereocenters. The minimum absolute atomic E-state index is 0.0534. The van der Waals surface area contributed by atoms with Crippen molar-refractivity contribution < 1.29 is 9.90 Å². The number of aromatic carboxylic acids is 1. The lowest BCUT2D eigenvalue weighted by molar-refractivity contribution is 0.0691. The van der Waals surface area contributed by atoms with E-state index in [9.17, 15) is 4.79 Å². The summed E-state index contributed by atoms with van der Waals surface area (Å²) in [6.07, 6.45) is 3.12. The average Bonchev–Trinajstić information content (AvgIpc) is 2.76. The topological polar surface area (TPSA) is 68.0 Å². The number of aryl methyl sites for hydroxylation is 1. The first-order valence-corrected chi connectivity index (χ1v) is 4.94. The predicted molar refractivity (Wildman–Crippen MR) is 58.1 cm³/mol. The molecule has 0 saturated carbocycles. The maximum Gasteiger partial charge on any atom is 0.355 e. The van der Waals surface area contributed by atoms with Crippen LogP contribution in [0.5, 0.6) is 0 Å². The van der Waals surface area contributed by atoms with Gasteiger partial charge >= 0.3 is 5.97 Å². The molecule has 0 unspecified atom stereocenters. The van der Waals surface area contributed by atoms with Crippen LogP contribution in [0.3, 0.4) is 0 Å². The van der Waals surface area contributed by atoms with Gasteiger partial charge in [-0.2, -0.15) is 5.10 Å². The van der Waals surface area contributed by atoms with Crippen LogP contribution < -0.4 is 0 Å². The summed E-state index contributed by atoms with van der Waals surface area (Å²) >= 11 is 0. The average molecular weight is 217 g/mol. The van der Waals surface area contributed by atoms with Crippen molar-refractivity contribution in [2.45, 2.75) is 13.5 Å². The Morgan fingerprint density at radius 2 is 2.25 bits per heavy atom. The lowest BCUT2D eigenvalue weighted by Crippen LogP contribution is -2.06. The van der Waals surface area contributed by atoms with Crippen LogP contribution in [0.25, 0.3) is 11.3 Å². The van der Waals surface area contributed by atoms with E-state index in [0.29, 0.717) is 12.1 Å². The summed E-state index contributed by atoms with van der Waals surface area (Å²) in [6, 6.07) is 5.24. The van der Waals surface area contributed by atoms with Gasteiger partial charge in [-0.1, -0.05) is 0 Å². The third-order valence-electron chi connectivity index (χ3n) is 2.30. The Balaban J connectivity index is 2.60. The van der Waals surface area contributed by atoms with Crippen molar-refractivity contribution in [3.63, 3.8) is 0 Å². The van der Waals surface area contributed by atoms with E-state index in [2.05, 4.69) is 10.1 Å². The van der Waals surface area contributed by atoms with E-state index in [1.54, 1.807) is 29.1 Å². The summed E-state index contributed by atoms with van der Waals surface area (Å²) in [5.41, 5.74) is 1.42. The highest BCUT2D eigenvalue weighted by molar-refractivity contribution is 5.93. The molecule has 2 aromatic rings. The molecule has 0 aliphatic carbocycles. The van der Waals surface area contributed by atoms with E-state index in [4.69, 9.17) is 5.11 Å². The monoisotopic (exact) mass is 217 g/mol. The molecule has 0 aliphatic heterocycles. The molecule has 0 spiro atoms. The third kappa shape index (κ3) is 1.67. The number of aromatic nitrogens is 3. The van der Waals surface area contributed by atoms with Crippen molar-refractivity contribution in [1.82, 2.24) is 14.8 Å². The Bertz CT molecular complexity index is 519. The summed E-state index contributed by atoms with van der Waals surface area (Å²) in [7, 11) is 0. The standard InChI is InChI=1S/C11H11N3O2/c1-2-14-9(5-7-13-14)8-4-3-6-12-10(8)11(15)16/h3-7H,2H2,1H3,(H,15,16). The number of nitrogens with zero attached hydrogens (tertiary/aromatic N) is 3. The van der Waals surface area contributed by atoms with E-state index in [-0.39, 0.29) is 5.69 Å². The van der Waals surface area contributed by atoms with Gasteiger partial charge in [-0.15, -0.1) is 0 Å². The summed E-state index contributed by atoms with van der Waals surface area (Å²) in [5, 5.41) is 13.1. The largest absolute Gasteiger partial charge is 0.476 e. The molecule has 16 heavy (non-hydrogen) atoms. The molecule has 0 aromatic carbocycles. The number of carbonyl (C=O) groups is 1. The molecule has 0 saturated heterocycles. The molecule has 0 amide bonds. The van der Waals surface area contributed by atoms with Gasteiger partial charge in [-0.05, 0) is 25.1 Å². The SMILES string of the molecule is CCn1nccc1-c1cccnc1C(=O)O. The van der Waals surface area contributed by atoms with Crippen LogP contribution in [0.4, 0.5) is 0 Å². The van der Waals surface area contributed by atoms with Crippen molar-refractivity contribution in [2.75, 3.05) is 0 Å². The number of carboxylic acid groups (broad SMARTS) is 1. The van der Waals surface area contributed by atoms with Gasteiger partial charge in [0, 0.05) is 24.5 Å². The Morgan fingerprint density at radius 1 is 1.44 bits per heavy atom. The molecule has 0 radical (unpaired) electrons. The van der Waals surface area contributed by atoms with Gasteiger partial charge in [0.25, 0.3) is 0 Å². The van der Waals surface area contributed by atoms with Gasteiger partial charge in [-0.25, -0.2) is 9.78 Å². The van der Waals surface area contributed by atoms with Gasteiger partial charge in [0.15, 0.2) is 5.69 Å². The van der Waals surface area contributed by atoms with E-state index in [1.807, 2.05) is 6.92 Å². The van der Waals surface area contributed by atoms with E-state index >= 15 is 0 Å². The molecular formula is C11H11N3O2. The highest BCUT2D eigenvalue weighted by Crippen LogP contribution is 2.21. The fraction of sp³-hybridized carbons (Fsp3) is 0.182. The minimum atomic E-state index is -1.03. The van der Waals surface area contributed by atoms with Crippen LogP contribution in [0.15, 0.2) is 30.6 Å². The van der Waals surface area contributed by atoms with Crippen molar-refractivity contribution in [1.29, 1.82) is 0 Å². The van der Waals surface area contributed by atoms with Crippen LogP contribution in [-0.4, -0.2) is 25.8 Å². The fourth-order valence-corrected chi connectivity index (χ4v) is 1.60. The van der Waals surface area contributed by atoms with Crippen LogP contribution >= 0.6 is 0 Å². The van der Waals surface area contributed by atoms with Crippen LogP contribution in [-0.2, 0) is 6.54 Å². The van der Waals surface area contributed by atoms with Crippen LogP contribution in [0.1, 0.15) is 17.4 Å². The number of rotatable bonds is 3.